The Morgan fingerprint density at radius 1 is 1.09 bits per heavy atom. The van der Waals surface area contributed by atoms with E-state index in [1.54, 1.807) is 20.8 Å². The first-order valence-corrected chi connectivity index (χ1v) is 13.3. The van der Waals surface area contributed by atoms with Crippen LogP contribution in [0.25, 0.3) is 0 Å². The van der Waals surface area contributed by atoms with Gasteiger partial charge in [-0.2, -0.15) is 0 Å². The first-order valence-electron chi connectivity index (χ1n) is 13.3. The van der Waals surface area contributed by atoms with Crippen LogP contribution in [0.5, 0.6) is 0 Å². The Labute approximate surface area is 249 Å². The lowest BCUT2D eigenvalue weighted by Gasteiger charge is -2.30. The van der Waals surface area contributed by atoms with Crippen molar-refractivity contribution in [2.24, 2.45) is 5.73 Å². The molecule has 3 heterocycles. The number of ether oxygens (including phenoxy) is 5. The van der Waals surface area contributed by atoms with Crippen molar-refractivity contribution in [1.82, 2.24) is 20.2 Å². The Balaban J connectivity index is 1.93. The number of H-pyrrole nitrogens is 1. The van der Waals surface area contributed by atoms with E-state index < -0.39 is 102 Å². The van der Waals surface area contributed by atoms with E-state index in [4.69, 9.17) is 29.4 Å². The van der Waals surface area contributed by atoms with Crippen LogP contribution in [-0.4, -0.2) is 110 Å². The molecule has 0 unspecified atom stereocenters. The number of nitrogens with two attached hydrogens (primary N) is 1. The molecule has 19 nitrogen and oxygen atoms in total. The van der Waals surface area contributed by atoms with Crippen molar-refractivity contribution in [2.75, 3.05) is 6.61 Å². The molecule has 2 fully saturated rings. The molecule has 1 aromatic heterocycles. The van der Waals surface area contributed by atoms with Crippen molar-refractivity contribution in [1.29, 1.82) is 0 Å². The molecule has 2 aliphatic rings. The highest BCUT2D eigenvalue weighted by Crippen LogP contribution is 2.32. The molecule has 8 atom stereocenters. The fourth-order valence-electron chi connectivity index (χ4n) is 4.66. The summed E-state index contributed by atoms with van der Waals surface area (Å²) in [5, 5.41) is 35.8. The third-order valence-corrected chi connectivity index (χ3v) is 6.48. The number of nitrogens with zero attached hydrogens (tertiary/aromatic N) is 1. The molecular weight excluding hydrogens is 594 g/mol. The minimum Gasteiger partial charge on any atom is -0.480 e. The van der Waals surface area contributed by atoms with Gasteiger partial charge in [0, 0.05) is 11.8 Å². The van der Waals surface area contributed by atoms with Crippen molar-refractivity contribution in [2.45, 2.75) is 102 Å². The van der Waals surface area contributed by atoms with E-state index in [1.165, 1.54) is 20.8 Å². The van der Waals surface area contributed by atoms with Gasteiger partial charge < -0.3 is 55.4 Å². The number of carboxylic acids is 1. The molecule has 0 radical (unpaired) electrons. The summed E-state index contributed by atoms with van der Waals surface area (Å²) in [6, 6.07) is -3.83. The quantitative estimate of drug-likeness (QED) is 0.149. The number of aliphatic carboxylic acids is 1. The van der Waals surface area contributed by atoms with Crippen LogP contribution < -0.4 is 27.6 Å². The smallest absolute Gasteiger partial charge is 0.408 e. The summed E-state index contributed by atoms with van der Waals surface area (Å²) in [5.41, 5.74) is 2.36. The van der Waals surface area contributed by atoms with E-state index in [1.807, 2.05) is 4.98 Å². The largest absolute Gasteiger partial charge is 0.480 e. The number of alkyl carbamates (subject to hydrolysis) is 1. The zero-order chi connectivity index (χ0) is 33.3. The van der Waals surface area contributed by atoms with Crippen LogP contribution in [0, 0.1) is 6.92 Å². The zero-order valence-corrected chi connectivity index (χ0v) is 24.8. The van der Waals surface area contributed by atoms with Crippen molar-refractivity contribution in [3.05, 3.63) is 32.6 Å². The molecule has 44 heavy (non-hydrogen) atoms. The van der Waals surface area contributed by atoms with Gasteiger partial charge in [0.25, 0.3) is 5.56 Å². The van der Waals surface area contributed by atoms with Gasteiger partial charge in [0.15, 0.2) is 18.1 Å². The zero-order valence-electron chi connectivity index (χ0n) is 24.8. The highest BCUT2D eigenvalue weighted by atomic mass is 16.8. The molecule has 8 N–H and O–H groups in total. The minimum absolute atomic E-state index is 0.0501. The van der Waals surface area contributed by atoms with E-state index in [0.29, 0.717) is 0 Å². The average molecular weight is 632 g/mol. The Morgan fingerprint density at radius 2 is 1.73 bits per heavy atom. The molecule has 0 bridgehead atoms. The molecule has 2 aliphatic heterocycles. The summed E-state index contributed by atoms with van der Waals surface area (Å²) in [7, 11) is 0. The standard InChI is InChI=1S/C25H37N5O14/c1-9-7-30(22(38)29-17(9)33)19-14(32)13(31)16(41-19)12(20(35)36)27-18(34)11(28-23(39)44-24(2,3)4)15-10(8-40-21(26)37)42-25(5,6)43-15/h7,10-16,19,31-32H,8H2,1-6H3,(H2,26,37)(H,27,34)(H,28,39)(H,35,36)(H,29,33,38)/t10-,11+,12-,13-,14+,15+,16+,19+/m0/s1. The van der Waals surface area contributed by atoms with Gasteiger partial charge in [0.05, 0.1) is 0 Å². The number of carboxylic acid groups (broad SMARTS) is 1. The predicted octanol–water partition coefficient (Wildman–Crippen LogP) is -2.46. The number of aliphatic hydroxyl groups excluding tert-OH is 2. The number of aryl methyl sites for hydroxylation is 1. The van der Waals surface area contributed by atoms with Gasteiger partial charge in [-0.25, -0.2) is 19.2 Å². The number of hydrogen-bond donors (Lipinski definition) is 7. The monoisotopic (exact) mass is 631 g/mol. The minimum atomic E-state index is -2.07. The van der Waals surface area contributed by atoms with Crippen LogP contribution in [0.2, 0.25) is 0 Å². The van der Waals surface area contributed by atoms with E-state index >= 15 is 0 Å². The molecule has 1 aromatic rings. The maximum Gasteiger partial charge on any atom is 0.408 e. The number of rotatable bonds is 9. The Hall–Kier alpha value is -4.04. The maximum atomic E-state index is 13.7. The number of aromatic amines is 1. The molecule has 0 spiro atoms. The van der Waals surface area contributed by atoms with E-state index in [9.17, 15) is 44.1 Å². The lowest BCUT2D eigenvalue weighted by molar-refractivity contribution is -0.156. The SMILES string of the molecule is Cc1cn([C@@H]2O[C@H]([C@H](NC(=O)[C@H](NC(=O)OC(C)(C)C)[C@@H]3OC(C)(C)O[C@H]3COC(N)=O)C(=O)O)[C@@H](O)[C@H]2O)c(=O)[nH]c1=O. The molecule has 0 aromatic carbocycles. The third-order valence-electron chi connectivity index (χ3n) is 6.48. The second-order valence-corrected chi connectivity index (χ2v) is 11.7. The van der Waals surface area contributed by atoms with Crippen LogP contribution in [0.1, 0.15) is 46.4 Å². The van der Waals surface area contributed by atoms with Crippen LogP contribution in [0.15, 0.2) is 15.8 Å². The van der Waals surface area contributed by atoms with Gasteiger partial charge in [-0.05, 0) is 41.5 Å². The summed E-state index contributed by atoms with van der Waals surface area (Å²) in [4.78, 5) is 76.1. The van der Waals surface area contributed by atoms with Gasteiger partial charge in [0.1, 0.15) is 48.8 Å². The van der Waals surface area contributed by atoms with Gasteiger partial charge in [0.2, 0.25) is 5.91 Å². The second-order valence-electron chi connectivity index (χ2n) is 11.7. The van der Waals surface area contributed by atoms with Crippen molar-refractivity contribution >= 4 is 24.1 Å². The highest BCUT2D eigenvalue weighted by molar-refractivity contribution is 5.90. The lowest BCUT2D eigenvalue weighted by atomic mass is 10.0. The second kappa shape index (κ2) is 12.9. The van der Waals surface area contributed by atoms with Gasteiger partial charge in [-0.15, -0.1) is 0 Å². The molecule has 3 amide bonds. The third kappa shape index (κ3) is 8.11. The first-order chi connectivity index (χ1) is 20.2. The normalized spacial score (nSPS) is 27.6. The first kappa shape index (κ1) is 34.5. The van der Waals surface area contributed by atoms with E-state index in [-0.39, 0.29) is 5.56 Å². The number of carbonyl (C=O) groups excluding carboxylic acids is 3. The van der Waals surface area contributed by atoms with Crippen molar-refractivity contribution in [3.8, 4) is 0 Å². The van der Waals surface area contributed by atoms with E-state index in [2.05, 4.69) is 10.6 Å². The fraction of sp³-hybridized carbons (Fsp3) is 0.680. The molecule has 0 aliphatic carbocycles. The Kier molecular flexibility index (Phi) is 10.1. The summed E-state index contributed by atoms with van der Waals surface area (Å²) in [6.45, 7) is 8.45. The topological polar surface area (TPSA) is 280 Å². The maximum absolute atomic E-state index is 13.7. The predicted molar refractivity (Wildman–Crippen MR) is 144 cm³/mol. The van der Waals surface area contributed by atoms with Crippen LogP contribution in [0.3, 0.4) is 0 Å². The average Bonchev–Trinajstić information content (AvgIpc) is 3.35. The van der Waals surface area contributed by atoms with Gasteiger partial charge >= 0.3 is 23.8 Å². The molecule has 3 rings (SSSR count). The Morgan fingerprint density at radius 3 is 2.30 bits per heavy atom. The number of aromatic nitrogens is 2. The molecule has 2 saturated heterocycles. The number of primary amides is 1. The molecule has 246 valence electrons. The molecule has 0 saturated carbocycles. The highest BCUT2D eigenvalue weighted by Gasteiger charge is 2.53. The van der Waals surface area contributed by atoms with Crippen molar-refractivity contribution < 1.29 is 58.2 Å². The van der Waals surface area contributed by atoms with Crippen LogP contribution in [0.4, 0.5) is 9.59 Å². The summed E-state index contributed by atoms with van der Waals surface area (Å²) in [6.07, 6.45) is -11.1. The summed E-state index contributed by atoms with van der Waals surface area (Å²) >= 11 is 0. The number of amides is 3. The van der Waals surface area contributed by atoms with Gasteiger partial charge in [-0.1, -0.05) is 0 Å². The Bertz CT molecular complexity index is 1380. The number of nitrogens with one attached hydrogen (secondary N) is 3. The molecular formula is C25H37N5O14. The van der Waals surface area contributed by atoms with Crippen LogP contribution in [-0.2, 0) is 33.3 Å². The fourth-order valence-corrected chi connectivity index (χ4v) is 4.66. The number of carbonyl (C=O) groups is 4. The van der Waals surface area contributed by atoms with Crippen molar-refractivity contribution in [3.63, 3.8) is 0 Å². The van der Waals surface area contributed by atoms with Gasteiger partial charge in [-0.3, -0.25) is 19.1 Å². The lowest BCUT2D eigenvalue weighted by Crippen LogP contribution is -2.62. The number of aliphatic hydroxyl groups is 2. The summed E-state index contributed by atoms with van der Waals surface area (Å²) in [5.74, 6) is -4.29. The summed E-state index contributed by atoms with van der Waals surface area (Å²) < 4.78 is 27.9. The van der Waals surface area contributed by atoms with E-state index in [0.717, 1.165) is 10.8 Å². The van der Waals surface area contributed by atoms with Crippen LogP contribution >= 0.6 is 0 Å². The number of hydrogen-bond acceptors (Lipinski definition) is 13. The molecule has 19 heteroatoms.